The average Bonchev–Trinajstić information content (AvgIpc) is 3.54. The molecule has 0 saturated carbocycles. The van der Waals surface area contributed by atoms with E-state index in [1.807, 2.05) is 52.0 Å². The fourth-order valence-electron chi connectivity index (χ4n) is 4.35. The van der Waals surface area contributed by atoms with Crippen molar-refractivity contribution in [3.8, 4) is 11.3 Å². The maximum absolute atomic E-state index is 13.9. The van der Waals surface area contributed by atoms with Gasteiger partial charge in [0.2, 0.25) is 5.91 Å². The SMILES string of the molecule is Cc1cc(-c2cc(C(=O)N3CSCC3C(=O)Nc3ccc(C)c(C)c3)c3c(C)noc3n2)c(C)o1. The third kappa shape index (κ3) is 4.20. The topological polar surface area (TPSA) is 101 Å². The standard InChI is InChI=1S/C26H26N4O4S/c1-13-6-7-18(8-14(13)2)27-24(31)22-11-35-12-30(22)26(32)20-10-21(19-9-15(3)33-17(19)5)28-25-23(20)16(4)29-34-25/h6-10,22H,11-12H2,1-5H3,(H,27,31). The van der Waals surface area contributed by atoms with Gasteiger partial charge in [-0.15, -0.1) is 11.8 Å². The van der Waals surface area contributed by atoms with Crippen molar-refractivity contribution < 1.29 is 18.5 Å². The first-order valence-corrected chi connectivity index (χ1v) is 12.5. The molecule has 9 heteroatoms. The molecule has 1 unspecified atom stereocenters. The van der Waals surface area contributed by atoms with Gasteiger partial charge in [-0.2, -0.15) is 0 Å². The van der Waals surface area contributed by atoms with Crippen LogP contribution >= 0.6 is 11.8 Å². The van der Waals surface area contributed by atoms with Gasteiger partial charge in [0.05, 0.1) is 28.2 Å². The van der Waals surface area contributed by atoms with Crippen LogP contribution in [-0.4, -0.2) is 44.5 Å². The van der Waals surface area contributed by atoms with Gasteiger partial charge in [0.1, 0.15) is 17.6 Å². The van der Waals surface area contributed by atoms with Crippen LogP contribution in [0.4, 0.5) is 5.69 Å². The number of carbonyl (C=O) groups excluding carboxylic acids is 2. The van der Waals surface area contributed by atoms with Crippen LogP contribution in [0.25, 0.3) is 22.4 Å². The molecule has 4 aromatic rings. The summed E-state index contributed by atoms with van der Waals surface area (Å²) < 4.78 is 11.1. The Morgan fingerprint density at radius 1 is 1.09 bits per heavy atom. The fourth-order valence-corrected chi connectivity index (χ4v) is 5.50. The number of furan rings is 1. The smallest absolute Gasteiger partial charge is 0.259 e. The van der Waals surface area contributed by atoms with Crippen LogP contribution in [0.5, 0.6) is 0 Å². The summed E-state index contributed by atoms with van der Waals surface area (Å²) in [5.41, 5.74) is 5.58. The van der Waals surface area contributed by atoms with E-state index < -0.39 is 6.04 Å². The highest BCUT2D eigenvalue weighted by atomic mass is 32.2. The third-order valence-electron chi connectivity index (χ3n) is 6.38. The molecular weight excluding hydrogens is 464 g/mol. The summed E-state index contributed by atoms with van der Waals surface area (Å²) in [6.45, 7) is 9.52. The van der Waals surface area contributed by atoms with Crippen LogP contribution < -0.4 is 5.32 Å². The van der Waals surface area contributed by atoms with Gasteiger partial charge in [-0.3, -0.25) is 9.59 Å². The van der Waals surface area contributed by atoms with Crippen LogP contribution in [-0.2, 0) is 4.79 Å². The van der Waals surface area contributed by atoms with E-state index in [-0.39, 0.29) is 17.5 Å². The molecule has 1 atom stereocenters. The summed E-state index contributed by atoms with van der Waals surface area (Å²) in [6, 6.07) is 8.82. The number of nitrogens with one attached hydrogen (secondary N) is 1. The molecule has 2 amide bonds. The van der Waals surface area contributed by atoms with E-state index in [1.54, 1.807) is 29.7 Å². The number of amides is 2. The lowest BCUT2D eigenvalue weighted by molar-refractivity contribution is -0.119. The number of nitrogens with zero attached hydrogens (tertiary/aromatic N) is 3. The van der Waals surface area contributed by atoms with Crippen molar-refractivity contribution in [2.75, 3.05) is 16.9 Å². The monoisotopic (exact) mass is 490 g/mol. The van der Waals surface area contributed by atoms with E-state index in [2.05, 4.69) is 15.5 Å². The summed E-state index contributed by atoms with van der Waals surface area (Å²) in [7, 11) is 0. The van der Waals surface area contributed by atoms with Gasteiger partial charge in [0, 0.05) is 17.0 Å². The molecule has 180 valence electrons. The third-order valence-corrected chi connectivity index (χ3v) is 7.40. The van der Waals surface area contributed by atoms with Crippen molar-refractivity contribution in [1.82, 2.24) is 15.0 Å². The zero-order valence-corrected chi connectivity index (χ0v) is 21.1. The Labute approximate surface area is 207 Å². The quantitative estimate of drug-likeness (QED) is 0.421. The van der Waals surface area contributed by atoms with E-state index in [1.165, 1.54) is 0 Å². The fraction of sp³-hybridized carbons (Fsp3) is 0.308. The first-order valence-electron chi connectivity index (χ1n) is 11.3. The Kier molecular flexibility index (Phi) is 5.88. The number of thioether (sulfide) groups is 1. The molecule has 35 heavy (non-hydrogen) atoms. The van der Waals surface area contributed by atoms with Gasteiger partial charge in [-0.05, 0) is 70.0 Å². The minimum Gasteiger partial charge on any atom is -0.466 e. The van der Waals surface area contributed by atoms with Crippen LogP contribution in [0.2, 0.25) is 0 Å². The first-order chi connectivity index (χ1) is 16.7. The lowest BCUT2D eigenvalue weighted by atomic mass is 10.0. The second-order valence-corrected chi connectivity index (χ2v) is 9.91. The molecule has 1 aliphatic heterocycles. The van der Waals surface area contributed by atoms with Gasteiger partial charge < -0.3 is 19.2 Å². The van der Waals surface area contributed by atoms with E-state index in [9.17, 15) is 9.59 Å². The van der Waals surface area contributed by atoms with E-state index >= 15 is 0 Å². The maximum Gasteiger partial charge on any atom is 0.259 e. The van der Waals surface area contributed by atoms with Crippen molar-refractivity contribution in [2.24, 2.45) is 0 Å². The van der Waals surface area contributed by atoms with Crippen molar-refractivity contribution >= 4 is 40.4 Å². The molecule has 4 heterocycles. The number of fused-ring (bicyclic) bond motifs is 1. The summed E-state index contributed by atoms with van der Waals surface area (Å²) in [4.78, 5) is 33.3. The molecule has 0 radical (unpaired) electrons. The number of pyridine rings is 1. The predicted octanol–water partition coefficient (Wildman–Crippen LogP) is 5.18. The van der Waals surface area contributed by atoms with Crippen molar-refractivity contribution in [2.45, 2.75) is 40.7 Å². The molecule has 1 aromatic carbocycles. The minimum absolute atomic E-state index is 0.208. The Morgan fingerprint density at radius 2 is 1.89 bits per heavy atom. The Balaban J connectivity index is 1.50. The number of rotatable bonds is 4. The van der Waals surface area contributed by atoms with Crippen LogP contribution in [0.1, 0.15) is 38.7 Å². The minimum atomic E-state index is -0.598. The molecule has 1 fully saturated rings. The average molecular weight is 491 g/mol. The molecule has 1 aliphatic rings. The van der Waals surface area contributed by atoms with Crippen LogP contribution in [0.3, 0.4) is 0 Å². The Hall–Kier alpha value is -3.59. The second-order valence-electron chi connectivity index (χ2n) is 8.91. The number of aryl methyl sites for hydroxylation is 5. The van der Waals surface area contributed by atoms with Crippen LogP contribution in [0, 0.1) is 34.6 Å². The molecule has 5 rings (SSSR count). The largest absolute Gasteiger partial charge is 0.466 e. The van der Waals surface area contributed by atoms with Gasteiger partial charge in [0.25, 0.3) is 11.6 Å². The van der Waals surface area contributed by atoms with Gasteiger partial charge in [0.15, 0.2) is 0 Å². The van der Waals surface area contributed by atoms with Gasteiger partial charge >= 0.3 is 0 Å². The molecule has 0 bridgehead atoms. The molecule has 8 nitrogen and oxygen atoms in total. The van der Waals surface area contributed by atoms with E-state index in [4.69, 9.17) is 8.94 Å². The molecule has 3 aromatic heterocycles. The normalized spacial score (nSPS) is 15.7. The Morgan fingerprint density at radius 3 is 2.60 bits per heavy atom. The molecule has 0 spiro atoms. The van der Waals surface area contributed by atoms with Crippen molar-refractivity contribution in [3.63, 3.8) is 0 Å². The first kappa shape index (κ1) is 23.2. The van der Waals surface area contributed by atoms with Gasteiger partial charge in [-0.25, -0.2) is 4.98 Å². The van der Waals surface area contributed by atoms with Crippen molar-refractivity contribution in [1.29, 1.82) is 0 Å². The van der Waals surface area contributed by atoms with Crippen molar-refractivity contribution in [3.05, 3.63) is 64.2 Å². The van der Waals surface area contributed by atoms with Crippen LogP contribution in [0.15, 0.2) is 39.3 Å². The summed E-state index contributed by atoms with van der Waals surface area (Å²) >= 11 is 1.55. The zero-order chi connectivity index (χ0) is 24.9. The predicted molar refractivity (Wildman–Crippen MR) is 136 cm³/mol. The number of hydrogen-bond donors (Lipinski definition) is 1. The van der Waals surface area contributed by atoms with E-state index in [0.717, 1.165) is 28.1 Å². The number of benzene rings is 1. The molecule has 0 aliphatic carbocycles. The second kappa shape index (κ2) is 8.88. The summed E-state index contributed by atoms with van der Waals surface area (Å²) in [5, 5.41) is 7.57. The Bertz CT molecular complexity index is 1470. The number of carbonyl (C=O) groups is 2. The molecular formula is C26H26N4O4S. The summed E-state index contributed by atoms with van der Waals surface area (Å²) in [6.07, 6.45) is 0. The highest BCUT2D eigenvalue weighted by Gasteiger charge is 2.36. The number of hydrogen-bond acceptors (Lipinski definition) is 7. The maximum atomic E-state index is 13.9. The zero-order valence-electron chi connectivity index (χ0n) is 20.3. The molecule has 1 N–H and O–H groups in total. The number of aromatic nitrogens is 2. The lowest BCUT2D eigenvalue weighted by Gasteiger charge is -2.23. The van der Waals surface area contributed by atoms with E-state index in [0.29, 0.717) is 39.7 Å². The number of anilines is 1. The lowest BCUT2D eigenvalue weighted by Crippen LogP contribution is -2.44. The van der Waals surface area contributed by atoms with Gasteiger partial charge in [-0.1, -0.05) is 11.2 Å². The summed E-state index contributed by atoms with van der Waals surface area (Å²) in [5.74, 6) is 1.92. The molecule has 1 saturated heterocycles. The highest BCUT2D eigenvalue weighted by molar-refractivity contribution is 7.99. The highest BCUT2D eigenvalue weighted by Crippen LogP contribution is 2.33.